The van der Waals surface area contributed by atoms with E-state index in [0.717, 1.165) is 33.1 Å². The molecule has 4 heteroatoms. The van der Waals surface area contributed by atoms with Crippen molar-refractivity contribution < 1.29 is 19.0 Å². The summed E-state index contributed by atoms with van der Waals surface area (Å²) in [5.41, 5.74) is 4.04. The Morgan fingerprint density at radius 3 is 2.40 bits per heavy atom. The summed E-state index contributed by atoms with van der Waals surface area (Å²) >= 11 is 0. The van der Waals surface area contributed by atoms with Crippen LogP contribution < -0.4 is 4.74 Å². The Hall–Kier alpha value is -2.82. The zero-order chi connectivity index (χ0) is 17.4. The summed E-state index contributed by atoms with van der Waals surface area (Å²) in [4.78, 5) is 0. The molecular formula is C21H18O4. The van der Waals surface area contributed by atoms with Crippen LogP contribution in [0.2, 0.25) is 0 Å². The Labute approximate surface area is 145 Å². The Morgan fingerprint density at radius 1 is 0.840 bits per heavy atom. The molecule has 0 radical (unpaired) electrons. The molecule has 0 spiro atoms. The van der Waals surface area contributed by atoms with E-state index >= 15 is 0 Å². The van der Waals surface area contributed by atoms with Crippen LogP contribution in [0, 0.1) is 0 Å². The zero-order valence-corrected chi connectivity index (χ0v) is 14.0. The average Bonchev–Trinajstić information content (AvgIpc) is 3.03. The second kappa shape index (κ2) is 6.24. The second-order valence-electron chi connectivity index (χ2n) is 5.82. The Kier molecular flexibility index (Phi) is 3.92. The number of rotatable bonds is 4. The van der Waals surface area contributed by atoms with Gasteiger partial charge in [-0.3, -0.25) is 0 Å². The molecule has 0 bridgehead atoms. The van der Waals surface area contributed by atoms with Crippen LogP contribution in [0.3, 0.4) is 0 Å². The minimum Gasteiger partial charge on any atom is -0.496 e. The maximum Gasteiger partial charge on any atom is 0.181 e. The molecule has 1 aromatic heterocycles. The van der Waals surface area contributed by atoms with E-state index in [1.54, 1.807) is 7.11 Å². The lowest BCUT2D eigenvalue weighted by Gasteiger charge is -2.16. The molecule has 0 aliphatic heterocycles. The third-order valence-corrected chi connectivity index (χ3v) is 4.44. The molecule has 1 atom stereocenters. The molecule has 126 valence electrons. The number of benzene rings is 3. The molecule has 4 nitrogen and oxygen atoms in total. The number of ether oxygens (including phenoxy) is 2. The molecule has 4 rings (SSSR count). The van der Waals surface area contributed by atoms with E-state index in [2.05, 4.69) is 0 Å². The van der Waals surface area contributed by atoms with Gasteiger partial charge in [0.2, 0.25) is 0 Å². The van der Waals surface area contributed by atoms with Gasteiger partial charge < -0.3 is 19.0 Å². The van der Waals surface area contributed by atoms with E-state index in [4.69, 9.17) is 13.9 Å². The lowest BCUT2D eigenvalue weighted by atomic mass is 9.96. The number of para-hydroxylation sites is 1. The molecule has 0 fully saturated rings. The van der Waals surface area contributed by atoms with Crippen LogP contribution in [0.25, 0.3) is 33.1 Å². The first-order chi connectivity index (χ1) is 12.2. The molecule has 4 aromatic rings. The predicted octanol–water partition coefficient (Wildman–Crippen LogP) is 4.90. The minimum absolute atomic E-state index is 0.683. The molecule has 3 aromatic carbocycles. The van der Waals surface area contributed by atoms with Crippen LogP contribution in [-0.2, 0) is 4.74 Å². The number of aliphatic hydroxyl groups is 1. The van der Waals surface area contributed by atoms with Crippen molar-refractivity contribution in [2.24, 2.45) is 0 Å². The highest BCUT2D eigenvalue weighted by atomic mass is 16.6. The molecular weight excluding hydrogens is 316 g/mol. The first-order valence-corrected chi connectivity index (χ1v) is 8.02. The molecule has 0 aliphatic carbocycles. The van der Waals surface area contributed by atoms with Crippen LogP contribution in [0.5, 0.6) is 5.75 Å². The highest BCUT2D eigenvalue weighted by Crippen LogP contribution is 2.40. The van der Waals surface area contributed by atoms with Crippen molar-refractivity contribution in [2.45, 2.75) is 6.29 Å². The van der Waals surface area contributed by atoms with Crippen molar-refractivity contribution in [3.05, 3.63) is 66.2 Å². The van der Waals surface area contributed by atoms with E-state index in [1.807, 2.05) is 60.7 Å². The highest BCUT2D eigenvalue weighted by molar-refractivity contribution is 6.07. The monoisotopic (exact) mass is 334 g/mol. The van der Waals surface area contributed by atoms with Crippen LogP contribution in [0.1, 0.15) is 11.9 Å². The van der Waals surface area contributed by atoms with Gasteiger partial charge in [-0.05, 0) is 17.7 Å². The molecule has 0 amide bonds. The summed E-state index contributed by atoms with van der Waals surface area (Å²) in [5, 5.41) is 12.3. The predicted molar refractivity (Wildman–Crippen MR) is 97.7 cm³/mol. The first kappa shape index (κ1) is 15.7. The SMILES string of the molecule is COc1cc2oc3ccccc3c2cc1-c1ccccc1C(O)OC. The van der Waals surface area contributed by atoms with Crippen LogP contribution in [0.15, 0.2) is 65.1 Å². The molecule has 1 N–H and O–H groups in total. The molecule has 0 saturated carbocycles. The van der Waals surface area contributed by atoms with Gasteiger partial charge in [-0.25, -0.2) is 0 Å². The number of furan rings is 1. The highest BCUT2D eigenvalue weighted by Gasteiger charge is 2.18. The third-order valence-electron chi connectivity index (χ3n) is 4.44. The van der Waals surface area contributed by atoms with Gasteiger partial charge in [0.05, 0.1) is 7.11 Å². The van der Waals surface area contributed by atoms with Gasteiger partial charge in [-0.1, -0.05) is 42.5 Å². The summed E-state index contributed by atoms with van der Waals surface area (Å²) < 4.78 is 16.6. The molecule has 1 heterocycles. The first-order valence-electron chi connectivity index (χ1n) is 8.02. The molecule has 25 heavy (non-hydrogen) atoms. The third kappa shape index (κ3) is 2.56. The number of aliphatic hydroxyl groups excluding tert-OH is 1. The van der Waals surface area contributed by atoms with Crippen molar-refractivity contribution in [3.8, 4) is 16.9 Å². The summed E-state index contributed by atoms with van der Waals surface area (Å²) in [6.45, 7) is 0. The minimum atomic E-state index is -1.00. The zero-order valence-electron chi connectivity index (χ0n) is 14.0. The van der Waals surface area contributed by atoms with Crippen molar-refractivity contribution in [2.75, 3.05) is 14.2 Å². The maximum absolute atomic E-state index is 10.2. The molecule has 1 unspecified atom stereocenters. The quantitative estimate of drug-likeness (QED) is 0.539. The van der Waals surface area contributed by atoms with Crippen LogP contribution in [-0.4, -0.2) is 19.3 Å². The summed E-state index contributed by atoms with van der Waals surface area (Å²) in [5.74, 6) is 0.683. The molecule has 0 aliphatic rings. The van der Waals surface area contributed by atoms with E-state index in [-0.39, 0.29) is 0 Å². The fraction of sp³-hybridized carbons (Fsp3) is 0.143. The number of hydrogen-bond acceptors (Lipinski definition) is 4. The second-order valence-corrected chi connectivity index (χ2v) is 5.82. The largest absolute Gasteiger partial charge is 0.496 e. The molecule has 0 saturated heterocycles. The van der Waals surface area contributed by atoms with E-state index in [9.17, 15) is 5.11 Å². The normalized spacial score (nSPS) is 12.6. The number of hydrogen-bond donors (Lipinski definition) is 1. The van der Waals surface area contributed by atoms with Gasteiger partial charge in [-0.2, -0.15) is 0 Å². The Bertz CT molecular complexity index is 1050. The van der Waals surface area contributed by atoms with Gasteiger partial charge in [0.15, 0.2) is 6.29 Å². The fourth-order valence-electron chi connectivity index (χ4n) is 3.22. The summed E-state index contributed by atoms with van der Waals surface area (Å²) in [6, 6.07) is 19.5. The van der Waals surface area contributed by atoms with Crippen molar-refractivity contribution >= 4 is 21.9 Å². The number of fused-ring (bicyclic) bond motifs is 3. The van der Waals surface area contributed by atoms with Crippen molar-refractivity contribution in [1.29, 1.82) is 0 Å². The van der Waals surface area contributed by atoms with E-state index in [0.29, 0.717) is 11.3 Å². The lowest BCUT2D eigenvalue weighted by molar-refractivity contribution is -0.0765. The topological polar surface area (TPSA) is 51.8 Å². The van der Waals surface area contributed by atoms with Gasteiger partial charge in [0.1, 0.15) is 16.9 Å². The Balaban J connectivity index is 2.03. The smallest absolute Gasteiger partial charge is 0.181 e. The average molecular weight is 334 g/mol. The van der Waals surface area contributed by atoms with Gasteiger partial charge >= 0.3 is 0 Å². The lowest BCUT2D eigenvalue weighted by Crippen LogP contribution is -2.02. The number of methoxy groups -OCH3 is 2. The summed E-state index contributed by atoms with van der Waals surface area (Å²) in [6.07, 6.45) is -1.00. The van der Waals surface area contributed by atoms with E-state index < -0.39 is 6.29 Å². The van der Waals surface area contributed by atoms with Gasteiger partial charge in [0.25, 0.3) is 0 Å². The fourth-order valence-corrected chi connectivity index (χ4v) is 3.22. The standard InChI is InChI=1S/C21H18O4/c1-23-19-12-20-17(14-8-5-6-10-18(14)25-20)11-16(19)13-7-3-4-9-15(13)21(22)24-2/h3-12,21-22H,1-2H3. The van der Waals surface area contributed by atoms with Gasteiger partial charge in [0, 0.05) is 35.1 Å². The van der Waals surface area contributed by atoms with Crippen molar-refractivity contribution in [1.82, 2.24) is 0 Å². The van der Waals surface area contributed by atoms with Crippen LogP contribution >= 0.6 is 0 Å². The van der Waals surface area contributed by atoms with Gasteiger partial charge in [-0.15, -0.1) is 0 Å². The Morgan fingerprint density at radius 2 is 1.60 bits per heavy atom. The van der Waals surface area contributed by atoms with Crippen molar-refractivity contribution in [3.63, 3.8) is 0 Å². The summed E-state index contributed by atoms with van der Waals surface area (Å²) in [7, 11) is 3.11. The van der Waals surface area contributed by atoms with Crippen LogP contribution in [0.4, 0.5) is 0 Å². The maximum atomic E-state index is 10.2. The van der Waals surface area contributed by atoms with E-state index in [1.165, 1.54) is 7.11 Å².